The molecule has 180 valence electrons. The number of imidazole rings is 1. The Labute approximate surface area is 199 Å². The Morgan fingerprint density at radius 1 is 1.06 bits per heavy atom. The maximum Gasteiger partial charge on any atom is 0.416 e. The third-order valence-corrected chi connectivity index (χ3v) is 7.79. The normalized spacial score (nSPS) is 19.1. The zero-order chi connectivity index (χ0) is 24.5. The van der Waals surface area contributed by atoms with Crippen molar-refractivity contribution in [2.45, 2.75) is 42.7 Å². The molecule has 2 aromatic carbocycles. The predicted octanol–water partition coefficient (Wildman–Crippen LogP) is 5.53. The molecular formula is C23H21ClF3N3O3S. The molecule has 1 amide bonds. The van der Waals surface area contributed by atoms with Gasteiger partial charge in [-0.25, -0.2) is 18.1 Å². The first kappa shape index (κ1) is 24.3. The van der Waals surface area contributed by atoms with Gasteiger partial charge in [-0.1, -0.05) is 35.9 Å². The van der Waals surface area contributed by atoms with E-state index < -0.39 is 33.6 Å². The number of sulfonamides is 1. The van der Waals surface area contributed by atoms with Crippen LogP contribution in [0.5, 0.6) is 0 Å². The molecule has 1 fully saturated rings. The number of halogens is 4. The lowest BCUT2D eigenvalue weighted by atomic mass is 9.81. The first-order chi connectivity index (χ1) is 16.0. The molecular weight excluding hydrogens is 491 g/mol. The van der Waals surface area contributed by atoms with E-state index in [4.69, 9.17) is 11.6 Å². The van der Waals surface area contributed by atoms with Gasteiger partial charge in [-0.3, -0.25) is 4.79 Å². The molecule has 0 aliphatic heterocycles. The summed E-state index contributed by atoms with van der Waals surface area (Å²) in [6.07, 6.45) is -0.862. The van der Waals surface area contributed by atoms with E-state index in [-0.39, 0.29) is 15.8 Å². The number of H-pyrrole nitrogens is 1. The number of amides is 1. The Hall–Kier alpha value is -2.85. The summed E-state index contributed by atoms with van der Waals surface area (Å²) in [7, 11) is -4.08. The highest BCUT2D eigenvalue weighted by Gasteiger charge is 2.32. The Morgan fingerprint density at radius 3 is 2.44 bits per heavy atom. The number of benzene rings is 2. The second-order valence-corrected chi connectivity index (χ2v) is 10.3. The lowest BCUT2D eigenvalue weighted by Gasteiger charge is -2.26. The number of alkyl halides is 3. The SMILES string of the molecule is O=C(NS(=O)(=O)c1ccccc1Cl)C1CCC(c2ncc(-c3cccc(C(F)(F)F)c3)[nH]2)CC1. The number of hydrogen-bond acceptors (Lipinski definition) is 4. The number of carbonyl (C=O) groups excluding carboxylic acids is 1. The Bertz CT molecular complexity index is 1300. The van der Waals surface area contributed by atoms with Crippen molar-refractivity contribution in [2.75, 3.05) is 0 Å². The summed E-state index contributed by atoms with van der Waals surface area (Å²) in [6.45, 7) is 0. The van der Waals surface area contributed by atoms with E-state index in [1.807, 2.05) is 0 Å². The zero-order valence-corrected chi connectivity index (χ0v) is 19.3. The lowest BCUT2D eigenvalue weighted by molar-refractivity contribution is -0.137. The van der Waals surface area contributed by atoms with Gasteiger partial charge in [0.15, 0.2) is 0 Å². The minimum atomic E-state index is -4.43. The van der Waals surface area contributed by atoms with Crippen LogP contribution in [0, 0.1) is 5.92 Å². The smallest absolute Gasteiger partial charge is 0.342 e. The Morgan fingerprint density at radius 2 is 1.76 bits per heavy atom. The van der Waals surface area contributed by atoms with Gasteiger partial charge < -0.3 is 4.98 Å². The van der Waals surface area contributed by atoms with Gasteiger partial charge in [0.25, 0.3) is 10.0 Å². The summed E-state index contributed by atoms with van der Waals surface area (Å²) in [5.41, 5.74) is 0.123. The van der Waals surface area contributed by atoms with Crippen molar-refractivity contribution in [2.24, 2.45) is 5.92 Å². The fourth-order valence-electron chi connectivity index (χ4n) is 4.12. The number of carbonyl (C=O) groups is 1. The molecule has 0 spiro atoms. The van der Waals surface area contributed by atoms with E-state index in [2.05, 4.69) is 14.7 Å². The average Bonchev–Trinajstić information content (AvgIpc) is 3.29. The summed E-state index contributed by atoms with van der Waals surface area (Å²) >= 11 is 5.95. The second kappa shape index (κ2) is 9.42. The van der Waals surface area contributed by atoms with E-state index in [0.717, 1.165) is 12.1 Å². The minimum absolute atomic E-state index is 0.0104. The van der Waals surface area contributed by atoms with Crippen LogP contribution in [-0.4, -0.2) is 24.3 Å². The van der Waals surface area contributed by atoms with Crippen LogP contribution in [0.4, 0.5) is 13.2 Å². The highest BCUT2D eigenvalue weighted by atomic mass is 35.5. The standard InChI is InChI=1S/C23H21ClF3N3O3S/c24-18-6-1-2-7-20(18)34(32,33)30-22(31)15-10-8-14(9-11-15)21-28-13-19(29-21)16-4-3-5-17(12-16)23(25,26)27/h1-7,12-15H,8-11H2,(H,28,29)(H,30,31). The number of hydrogen-bond donors (Lipinski definition) is 2. The van der Waals surface area contributed by atoms with Gasteiger partial charge in [-0.05, 0) is 49.9 Å². The van der Waals surface area contributed by atoms with Gasteiger partial charge in [0.05, 0.1) is 22.5 Å². The van der Waals surface area contributed by atoms with Gasteiger partial charge in [0.1, 0.15) is 10.7 Å². The molecule has 1 heterocycles. The molecule has 0 atom stereocenters. The molecule has 0 radical (unpaired) electrons. The van der Waals surface area contributed by atoms with Crippen LogP contribution in [0.25, 0.3) is 11.3 Å². The quantitative estimate of drug-likeness (QED) is 0.471. The maximum absolute atomic E-state index is 13.0. The highest BCUT2D eigenvalue weighted by molar-refractivity contribution is 7.90. The van der Waals surface area contributed by atoms with Gasteiger partial charge in [0, 0.05) is 17.4 Å². The predicted molar refractivity (Wildman–Crippen MR) is 121 cm³/mol. The molecule has 1 aliphatic carbocycles. The van der Waals surface area contributed by atoms with E-state index in [1.54, 1.807) is 12.1 Å². The molecule has 11 heteroatoms. The summed E-state index contributed by atoms with van der Waals surface area (Å²) in [6, 6.07) is 10.9. The van der Waals surface area contributed by atoms with E-state index in [9.17, 15) is 26.4 Å². The molecule has 3 aromatic rings. The van der Waals surface area contributed by atoms with Crippen LogP contribution in [0.15, 0.2) is 59.6 Å². The number of nitrogens with zero attached hydrogens (tertiary/aromatic N) is 1. The second-order valence-electron chi connectivity index (χ2n) is 8.21. The van der Waals surface area contributed by atoms with E-state index in [0.29, 0.717) is 42.8 Å². The topological polar surface area (TPSA) is 91.9 Å². The minimum Gasteiger partial charge on any atom is -0.342 e. The molecule has 4 rings (SSSR count). The van der Waals surface area contributed by atoms with Gasteiger partial charge in [-0.15, -0.1) is 0 Å². The monoisotopic (exact) mass is 511 g/mol. The van der Waals surface area contributed by atoms with Gasteiger partial charge in [-0.2, -0.15) is 13.2 Å². The number of aromatic nitrogens is 2. The van der Waals surface area contributed by atoms with Gasteiger partial charge >= 0.3 is 6.18 Å². The van der Waals surface area contributed by atoms with Crippen molar-refractivity contribution >= 4 is 27.5 Å². The third kappa shape index (κ3) is 5.28. The van der Waals surface area contributed by atoms with Gasteiger partial charge in [0.2, 0.25) is 5.91 Å². The van der Waals surface area contributed by atoms with Crippen molar-refractivity contribution in [3.8, 4) is 11.3 Å². The van der Waals surface area contributed by atoms with Crippen LogP contribution >= 0.6 is 11.6 Å². The molecule has 2 N–H and O–H groups in total. The van der Waals surface area contributed by atoms with Crippen LogP contribution in [-0.2, 0) is 21.0 Å². The van der Waals surface area contributed by atoms with E-state index in [1.165, 1.54) is 30.5 Å². The number of rotatable bonds is 5. The van der Waals surface area contributed by atoms with Crippen molar-refractivity contribution in [3.05, 3.63) is 71.1 Å². The lowest BCUT2D eigenvalue weighted by Crippen LogP contribution is -2.37. The summed E-state index contributed by atoms with van der Waals surface area (Å²) < 4.78 is 66.1. The van der Waals surface area contributed by atoms with Crippen LogP contribution in [0.1, 0.15) is 43.0 Å². The number of nitrogens with one attached hydrogen (secondary N) is 2. The molecule has 1 aliphatic rings. The fourth-order valence-corrected chi connectivity index (χ4v) is 5.68. The third-order valence-electron chi connectivity index (χ3n) is 5.94. The fraction of sp³-hybridized carbons (Fsp3) is 0.304. The molecule has 0 bridgehead atoms. The Kier molecular flexibility index (Phi) is 6.73. The highest BCUT2D eigenvalue weighted by Crippen LogP contribution is 2.36. The molecule has 6 nitrogen and oxygen atoms in total. The van der Waals surface area contributed by atoms with Crippen molar-refractivity contribution in [1.29, 1.82) is 0 Å². The Balaban J connectivity index is 1.39. The molecule has 0 saturated heterocycles. The molecule has 34 heavy (non-hydrogen) atoms. The zero-order valence-electron chi connectivity index (χ0n) is 17.8. The number of aromatic amines is 1. The van der Waals surface area contributed by atoms with Crippen molar-refractivity contribution in [1.82, 2.24) is 14.7 Å². The molecule has 0 unspecified atom stereocenters. The summed E-state index contributed by atoms with van der Waals surface area (Å²) in [4.78, 5) is 19.9. The van der Waals surface area contributed by atoms with E-state index >= 15 is 0 Å². The molecule has 1 aromatic heterocycles. The first-order valence-electron chi connectivity index (χ1n) is 10.6. The summed E-state index contributed by atoms with van der Waals surface area (Å²) in [5.74, 6) is -0.437. The first-order valence-corrected chi connectivity index (χ1v) is 12.4. The maximum atomic E-state index is 13.0. The average molecular weight is 512 g/mol. The van der Waals surface area contributed by atoms with Crippen LogP contribution in [0.2, 0.25) is 5.02 Å². The molecule has 1 saturated carbocycles. The van der Waals surface area contributed by atoms with Crippen LogP contribution < -0.4 is 4.72 Å². The summed E-state index contributed by atoms with van der Waals surface area (Å²) in [5, 5.41) is 0.0286. The van der Waals surface area contributed by atoms with Crippen molar-refractivity contribution < 1.29 is 26.4 Å². The van der Waals surface area contributed by atoms with Crippen LogP contribution in [0.3, 0.4) is 0 Å². The van der Waals surface area contributed by atoms with Crippen molar-refractivity contribution in [3.63, 3.8) is 0 Å². The largest absolute Gasteiger partial charge is 0.416 e.